The number of hydrogen-bond donors (Lipinski definition) is 2. The zero-order valence-electron chi connectivity index (χ0n) is 11.9. The lowest BCUT2D eigenvalue weighted by molar-refractivity contribution is 0.540. The van der Waals surface area contributed by atoms with E-state index < -0.39 is 10.0 Å². The molecule has 4 nitrogen and oxygen atoms in total. The lowest BCUT2D eigenvalue weighted by Crippen LogP contribution is -2.24. The van der Waals surface area contributed by atoms with E-state index in [9.17, 15) is 8.42 Å². The van der Waals surface area contributed by atoms with Crippen molar-refractivity contribution in [1.82, 2.24) is 10.0 Å². The molecule has 6 heteroatoms. The van der Waals surface area contributed by atoms with Crippen molar-refractivity contribution in [2.75, 3.05) is 13.1 Å². The minimum absolute atomic E-state index is 0.384. The molecule has 110 valence electrons. The fourth-order valence-electron chi connectivity index (χ4n) is 1.64. The number of nitrogens with one attached hydrogen (secondary N) is 2. The van der Waals surface area contributed by atoms with E-state index in [-0.39, 0.29) is 0 Å². The lowest BCUT2D eigenvalue weighted by Gasteiger charge is -2.06. The summed E-state index contributed by atoms with van der Waals surface area (Å²) in [7, 11) is -3.33. The van der Waals surface area contributed by atoms with Gasteiger partial charge >= 0.3 is 0 Å². The van der Waals surface area contributed by atoms with E-state index in [1.807, 2.05) is 6.92 Å². The van der Waals surface area contributed by atoms with E-state index in [2.05, 4.69) is 23.9 Å². The van der Waals surface area contributed by atoms with E-state index in [0.717, 1.165) is 30.8 Å². The molecule has 0 amide bonds. The monoisotopic (exact) mass is 304 g/mol. The minimum atomic E-state index is -3.33. The van der Waals surface area contributed by atoms with Crippen LogP contribution in [0, 0.1) is 5.92 Å². The largest absolute Gasteiger partial charge is 0.312 e. The summed E-state index contributed by atoms with van der Waals surface area (Å²) in [6, 6.07) is 1.75. The molecule has 0 aromatic carbocycles. The fraction of sp³-hybridized carbons (Fsp3) is 0.692. The summed E-state index contributed by atoms with van der Waals surface area (Å²) in [5, 5.41) is 4.90. The third-order valence-corrected chi connectivity index (χ3v) is 5.27. The van der Waals surface area contributed by atoms with Gasteiger partial charge in [0.1, 0.15) is 0 Å². The molecule has 1 heterocycles. The first-order chi connectivity index (χ1) is 8.95. The van der Waals surface area contributed by atoms with Gasteiger partial charge < -0.3 is 5.32 Å². The maximum Gasteiger partial charge on any atom is 0.241 e. The Labute approximate surface area is 120 Å². The molecule has 0 radical (unpaired) electrons. The highest BCUT2D eigenvalue weighted by molar-refractivity contribution is 7.89. The molecule has 1 aromatic heterocycles. The Morgan fingerprint density at radius 3 is 2.74 bits per heavy atom. The Morgan fingerprint density at radius 1 is 1.37 bits per heavy atom. The van der Waals surface area contributed by atoms with Gasteiger partial charge in [0.25, 0.3) is 0 Å². The number of sulfonamides is 1. The molecule has 0 spiro atoms. The zero-order valence-corrected chi connectivity index (χ0v) is 13.5. The van der Waals surface area contributed by atoms with Crippen LogP contribution in [0.1, 0.15) is 38.5 Å². The number of rotatable bonds is 9. The number of hydrogen-bond acceptors (Lipinski definition) is 4. The molecule has 0 bridgehead atoms. The molecule has 1 rings (SSSR count). The third kappa shape index (κ3) is 6.03. The molecule has 0 aliphatic carbocycles. The van der Waals surface area contributed by atoms with Crippen molar-refractivity contribution < 1.29 is 8.42 Å². The molecule has 0 saturated heterocycles. The molecular weight excluding hydrogens is 280 g/mol. The Hall–Kier alpha value is -0.430. The Morgan fingerprint density at radius 2 is 2.11 bits per heavy atom. The Bertz CT molecular complexity index is 467. The van der Waals surface area contributed by atoms with E-state index >= 15 is 0 Å². The summed E-state index contributed by atoms with van der Waals surface area (Å²) in [6.45, 7) is 8.43. The van der Waals surface area contributed by atoms with Crippen LogP contribution >= 0.6 is 11.3 Å². The second-order valence-electron chi connectivity index (χ2n) is 4.96. The topological polar surface area (TPSA) is 58.2 Å². The molecule has 2 N–H and O–H groups in total. The minimum Gasteiger partial charge on any atom is -0.312 e. The molecular formula is C13H24N2O2S2. The summed E-state index contributed by atoms with van der Waals surface area (Å²) in [4.78, 5) is 1.43. The van der Waals surface area contributed by atoms with Crippen LogP contribution in [0.4, 0.5) is 0 Å². The van der Waals surface area contributed by atoms with Gasteiger partial charge in [-0.1, -0.05) is 20.8 Å². The maximum atomic E-state index is 12.0. The quantitative estimate of drug-likeness (QED) is 0.689. The second-order valence-corrected chi connectivity index (χ2v) is 7.73. The Balaban J connectivity index is 2.50. The van der Waals surface area contributed by atoms with Crippen molar-refractivity contribution in [2.24, 2.45) is 5.92 Å². The van der Waals surface area contributed by atoms with Gasteiger partial charge in [0, 0.05) is 23.3 Å². The van der Waals surface area contributed by atoms with Crippen LogP contribution in [0.3, 0.4) is 0 Å². The van der Waals surface area contributed by atoms with E-state index in [1.165, 1.54) is 11.3 Å². The highest BCUT2D eigenvalue weighted by Crippen LogP contribution is 2.19. The summed E-state index contributed by atoms with van der Waals surface area (Å²) < 4.78 is 26.7. The van der Waals surface area contributed by atoms with Crippen molar-refractivity contribution >= 4 is 21.4 Å². The zero-order chi connectivity index (χ0) is 14.3. The van der Waals surface area contributed by atoms with Crippen molar-refractivity contribution in [3.05, 3.63) is 16.3 Å². The summed E-state index contributed by atoms with van der Waals surface area (Å²) in [5.41, 5.74) is 0. The van der Waals surface area contributed by atoms with Crippen LogP contribution in [-0.4, -0.2) is 21.5 Å². The van der Waals surface area contributed by atoms with Gasteiger partial charge in [0.2, 0.25) is 10.0 Å². The van der Waals surface area contributed by atoms with Crippen LogP contribution in [0.15, 0.2) is 16.3 Å². The van der Waals surface area contributed by atoms with Crippen LogP contribution in [0.2, 0.25) is 0 Å². The lowest BCUT2D eigenvalue weighted by atomic mass is 10.1. The first-order valence-corrected chi connectivity index (χ1v) is 9.09. The van der Waals surface area contributed by atoms with E-state index in [0.29, 0.717) is 17.4 Å². The summed E-state index contributed by atoms with van der Waals surface area (Å²) in [5.74, 6) is 0.609. The highest BCUT2D eigenvalue weighted by Gasteiger charge is 2.15. The average Bonchev–Trinajstić information content (AvgIpc) is 2.81. The molecule has 0 aliphatic rings. The smallest absolute Gasteiger partial charge is 0.241 e. The standard InChI is InChI=1S/C13H24N2O2S2/c1-4-14-9-12-8-13(10-18-12)19(16,17)15-7-5-6-11(2)3/h8,10-11,14-15H,4-7,9H2,1-3H3. The molecule has 19 heavy (non-hydrogen) atoms. The van der Waals surface area contributed by atoms with Crippen molar-refractivity contribution in [1.29, 1.82) is 0 Å². The van der Waals surface area contributed by atoms with Gasteiger partial charge in [0.15, 0.2) is 0 Å². The van der Waals surface area contributed by atoms with Crippen LogP contribution in [-0.2, 0) is 16.6 Å². The van der Waals surface area contributed by atoms with Crippen LogP contribution in [0.25, 0.3) is 0 Å². The summed E-state index contributed by atoms with van der Waals surface area (Å²) >= 11 is 1.48. The Kier molecular flexibility index (Phi) is 6.99. The fourth-order valence-corrected chi connectivity index (χ4v) is 3.96. The molecule has 1 aromatic rings. The number of thiophene rings is 1. The molecule has 0 aliphatic heterocycles. The van der Waals surface area contributed by atoms with Gasteiger partial charge in [-0.2, -0.15) is 0 Å². The second kappa shape index (κ2) is 7.99. The maximum absolute atomic E-state index is 12.0. The predicted octanol–water partition coefficient (Wildman–Crippen LogP) is 2.57. The molecule has 0 atom stereocenters. The molecule has 0 fully saturated rings. The van der Waals surface area contributed by atoms with Crippen LogP contribution in [0.5, 0.6) is 0 Å². The highest BCUT2D eigenvalue weighted by atomic mass is 32.2. The first-order valence-electron chi connectivity index (χ1n) is 6.73. The predicted molar refractivity (Wildman–Crippen MR) is 81.0 cm³/mol. The third-order valence-electron chi connectivity index (χ3n) is 2.74. The van der Waals surface area contributed by atoms with Gasteiger partial charge in [-0.15, -0.1) is 11.3 Å². The van der Waals surface area contributed by atoms with Gasteiger partial charge in [-0.25, -0.2) is 13.1 Å². The van der Waals surface area contributed by atoms with Crippen molar-refractivity contribution in [2.45, 2.75) is 45.1 Å². The SMILES string of the molecule is CCNCc1cc(S(=O)(=O)NCCCC(C)C)cs1. The summed E-state index contributed by atoms with van der Waals surface area (Å²) in [6.07, 6.45) is 1.92. The van der Waals surface area contributed by atoms with Crippen LogP contribution < -0.4 is 10.0 Å². The molecule has 0 saturated carbocycles. The normalized spacial score (nSPS) is 12.2. The van der Waals surface area contributed by atoms with E-state index in [1.54, 1.807) is 11.4 Å². The van der Waals surface area contributed by atoms with Gasteiger partial charge in [-0.05, 0) is 31.4 Å². The first kappa shape index (κ1) is 16.6. The van der Waals surface area contributed by atoms with Gasteiger partial charge in [0.05, 0.1) is 4.90 Å². The van der Waals surface area contributed by atoms with Crippen molar-refractivity contribution in [3.63, 3.8) is 0 Å². The van der Waals surface area contributed by atoms with Gasteiger partial charge in [-0.3, -0.25) is 0 Å². The van der Waals surface area contributed by atoms with Crippen molar-refractivity contribution in [3.8, 4) is 0 Å². The average molecular weight is 304 g/mol. The molecule has 0 unspecified atom stereocenters. The van der Waals surface area contributed by atoms with E-state index in [4.69, 9.17) is 0 Å².